The van der Waals surface area contributed by atoms with Gasteiger partial charge >= 0.3 is 0 Å². The van der Waals surface area contributed by atoms with Crippen molar-refractivity contribution in [3.8, 4) is 11.3 Å². The minimum absolute atomic E-state index is 0.133. The molecule has 1 saturated heterocycles. The number of hydrogen-bond acceptors (Lipinski definition) is 4. The average molecular weight is 401 g/mol. The first kappa shape index (κ1) is 19.1. The maximum absolute atomic E-state index is 13.5. The highest BCUT2D eigenvalue weighted by molar-refractivity contribution is 5.95. The smallest absolute Gasteiger partial charge is 0.231 e. The number of aromatic amines is 1. The lowest BCUT2D eigenvalue weighted by atomic mass is 9.90. The van der Waals surface area contributed by atoms with Gasteiger partial charge in [0.25, 0.3) is 0 Å². The zero-order chi connectivity index (χ0) is 20.5. The second kappa shape index (κ2) is 7.65. The van der Waals surface area contributed by atoms with Gasteiger partial charge in [0.05, 0.1) is 18.1 Å². The Kier molecular flexibility index (Phi) is 5.04. The standard InChI is InChI=1S/C20H18F3N5O/c1-11-9-24-25-10-14(11)17-8-18(27-26-17)28-4-2-3-13(20(28)29)5-12-6-15(21)19(23)16(22)7-12/h6-10,13H,2-5H2,1H3,(H,26,27). The van der Waals surface area contributed by atoms with Crippen molar-refractivity contribution in [3.63, 3.8) is 0 Å². The summed E-state index contributed by atoms with van der Waals surface area (Å²) >= 11 is 0. The molecule has 0 saturated carbocycles. The van der Waals surface area contributed by atoms with Crippen LogP contribution in [0.2, 0.25) is 0 Å². The molecule has 1 fully saturated rings. The van der Waals surface area contributed by atoms with Crippen LogP contribution < -0.4 is 4.90 Å². The molecule has 1 atom stereocenters. The molecule has 1 unspecified atom stereocenters. The van der Waals surface area contributed by atoms with Crippen LogP contribution in [0.3, 0.4) is 0 Å². The van der Waals surface area contributed by atoms with Crippen molar-refractivity contribution in [1.29, 1.82) is 0 Å². The highest BCUT2D eigenvalue weighted by atomic mass is 19.2. The van der Waals surface area contributed by atoms with Crippen molar-refractivity contribution < 1.29 is 18.0 Å². The Morgan fingerprint density at radius 3 is 2.59 bits per heavy atom. The summed E-state index contributed by atoms with van der Waals surface area (Å²) < 4.78 is 40.2. The zero-order valence-corrected chi connectivity index (χ0v) is 15.6. The van der Waals surface area contributed by atoms with E-state index in [4.69, 9.17) is 0 Å². The molecule has 0 radical (unpaired) electrons. The number of carbonyl (C=O) groups excluding carboxylic acids is 1. The third-order valence-corrected chi connectivity index (χ3v) is 5.14. The van der Waals surface area contributed by atoms with Crippen molar-refractivity contribution in [2.45, 2.75) is 26.2 Å². The SMILES string of the molecule is Cc1cnncc1-c1cc(N2CCCC(Cc3cc(F)c(F)c(F)c3)C2=O)n[nH]1. The fraction of sp³-hybridized carbons (Fsp3) is 0.300. The number of nitrogens with zero attached hydrogens (tertiary/aromatic N) is 4. The predicted octanol–water partition coefficient (Wildman–Crippen LogP) is 3.58. The fourth-order valence-corrected chi connectivity index (χ4v) is 3.63. The first-order valence-corrected chi connectivity index (χ1v) is 9.22. The highest BCUT2D eigenvalue weighted by Crippen LogP contribution is 2.29. The number of aromatic nitrogens is 4. The zero-order valence-electron chi connectivity index (χ0n) is 15.6. The lowest BCUT2D eigenvalue weighted by molar-refractivity contribution is -0.123. The summed E-state index contributed by atoms with van der Waals surface area (Å²) in [5, 5.41) is 14.9. The van der Waals surface area contributed by atoms with E-state index in [1.807, 2.05) is 6.92 Å². The largest absolute Gasteiger partial charge is 0.295 e. The molecule has 1 aromatic carbocycles. The molecule has 150 valence electrons. The van der Waals surface area contributed by atoms with Crippen LogP contribution in [0.25, 0.3) is 11.3 Å². The van der Waals surface area contributed by atoms with Crippen LogP contribution in [0.5, 0.6) is 0 Å². The normalized spacial score (nSPS) is 17.0. The lowest BCUT2D eigenvalue weighted by Crippen LogP contribution is -2.42. The average Bonchev–Trinajstić information content (AvgIpc) is 3.17. The van der Waals surface area contributed by atoms with Gasteiger partial charge in [0, 0.05) is 24.1 Å². The molecule has 6 nitrogen and oxygen atoms in total. The van der Waals surface area contributed by atoms with Gasteiger partial charge in [-0.1, -0.05) is 0 Å². The van der Waals surface area contributed by atoms with Gasteiger partial charge < -0.3 is 0 Å². The van der Waals surface area contributed by atoms with Crippen molar-refractivity contribution in [1.82, 2.24) is 20.4 Å². The fourth-order valence-electron chi connectivity index (χ4n) is 3.63. The third kappa shape index (κ3) is 3.72. The number of nitrogens with one attached hydrogen (secondary N) is 1. The minimum atomic E-state index is -1.50. The number of rotatable bonds is 4. The van der Waals surface area contributed by atoms with Gasteiger partial charge in [-0.05, 0) is 49.4 Å². The van der Waals surface area contributed by atoms with Crippen molar-refractivity contribution in [2.24, 2.45) is 5.92 Å². The number of anilines is 1. The van der Waals surface area contributed by atoms with E-state index < -0.39 is 23.4 Å². The Hall–Kier alpha value is -3.23. The Balaban J connectivity index is 1.54. The van der Waals surface area contributed by atoms with Crippen LogP contribution in [0.15, 0.2) is 30.6 Å². The molecule has 1 amide bonds. The first-order chi connectivity index (χ1) is 13.9. The third-order valence-electron chi connectivity index (χ3n) is 5.14. The summed E-state index contributed by atoms with van der Waals surface area (Å²) in [7, 11) is 0. The summed E-state index contributed by atoms with van der Waals surface area (Å²) in [4.78, 5) is 14.5. The number of halogens is 3. The van der Waals surface area contributed by atoms with Gasteiger partial charge in [0.1, 0.15) is 0 Å². The Labute approximate surface area is 164 Å². The van der Waals surface area contributed by atoms with Gasteiger partial charge in [-0.25, -0.2) is 13.2 Å². The Morgan fingerprint density at radius 2 is 1.86 bits per heavy atom. The molecule has 2 aromatic heterocycles. The number of carbonyl (C=O) groups is 1. The van der Waals surface area contributed by atoms with Gasteiger partial charge in [-0.2, -0.15) is 15.3 Å². The van der Waals surface area contributed by atoms with Gasteiger partial charge in [-0.15, -0.1) is 0 Å². The monoisotopic (exact) mass is 401 g/mol. The summed E-state index contributed by atoms with van der Waals surface area (Å²) in [5.41, 5.74) is 2.71. The Bertz CT molecular complexity index is 1040. The summed E-state index contributed by atoms with van der Waals surface area (Å²) in [5.74, 6) is -4.17. The molecular formula is C20H18F3N5O. The van der Waals surface area contributed by atoms with Crippen LogP contribution >= 0.6 is 0 Å². The van der Waals surface area contributed by atoms with E-state index in [9.17, 15) is 18.0 Å². The Morgan fingerprint density at radius 1 is 1.14 bits per heavy atom. The molecule has 9 heteroatoms. The van der Waals surface area contributed by atoms with E-state index in [1.165, 1.54) is 0 Å². The number of piperidine rings is 1. The quantitative estimate of drug-likeness (QED) is 0.678. The maximum atomic E-state index is 13.5. The molecule has 3 heterocycles. The molecule has 0 aliphatic carbocycles. The molecule has 0 spiro atoms. The van der Waals surface area contributed by atoms with Crippen LogP contribution in [0.4, 0.5) is 19.0 Å². The number of amides is 1. The molecule has 3 aromatic rings. The van der Waals surface area contributed by atoms with Crippen molar-refractivity contribution in [2.75, 3.05) is 11.4 Å². The minimum Gasteiger partial charge on any atom is -0.295 e. The number of hydrogen-bond donors (Lipinski definition) is 1. The molecule has 29 heavy (non-hydrogen) atoms. The van der Waals surface area contributed by atoms with E-state index in [-0.39, 0.29) is 17.9 Å². The molecule has 1 aliphatic heterocycles. The van der Waals surface area contributed by atoms with Gasteiger partial charge in [-0.3, -0.25) is 14.8 Å². The molecule has 1 N–H and O–H groups in total. The van der Waals surface area contributed by atoms with E-state index in [2.05, 4.69) is 20.4 Å². The summed E-state index contributed by atoms with van der Waals surface area (Å²) in [6.45, 7) is 2.40. The molecule has 0 bridgehead atoms. The van der Waals surface area contributed by atoms with E-state index in [0.29, 0.717) is 24.5 Å². The van der Waals surface area contributed by atoms with Crippen LogP contribution in [0, 0.1) is 30.3 Å². The number of aryl methyl sites for hydroxylation is 1. The predicted molar refractivity (Wildman–Crippen MR) is 99.4 cm³/mol. The first-order valence-electron chi connectivity index (χ1n) is 9.22. The topological polar surface area (TPSA) is 74.8 Å². The highest BCUT2D eigenvalue weighted by Gasteiger charge is 2.31. The maximum Gasteiger partial charge on any atom is 0.231 e. The van der Waals surface area contributed by atoms with Gasteiger partial charge in [0.2, 0.25) is 5.91 Å². The van der Waals surface area contributed by atoms with Crippen LogP contribution in [-0.2, 0) is 11.2 Å². The number of benzene rings is 1. The van der Waals surface area contributed by atoms with E-state index in [1.54, 1.807) is 23.4 Å². The van der Waals surface area contributed by atoms with E-state index >= 15 is 0 Å². The van der Waals surface area contributed by atoms with Crippen LogP contribution in [-0.4, -0.2) is 32.8 Å². The summed E-state index contributed by atoms with van der Waals surface area (Å²) in [6, 6.07) is 3.65. The molecule has 1 aliphatic rings. The molecule has 4 rings (SSSR count). The van der Waals surface area contributed by atoms with Crippen molar-refractivity contribution >= 4 is 11.7 Å². The molecular weight excluding hydrogens is 383 g/mol. The summed E-state index contributed by atoms with van der Waals surface area (Å²) in [6.07, 6.45) is 4.69. The van der Waals surface area contributed by atoms with Crippen LogP contribution in [0.1, 0.15) is 24.0 Å². The second-order valence-electron chi connectivity index (χ2n) is 7.13. The number of H-pyrrole nitrogens is 1. The second-order valence-corrected chi connectivity index (χ2v) is 7.13. The van der Waals surface area contributed by atoms with E-state index in [0.717, 1.165) is 29.7 Å². The van der Waals surface area contributed by atoms with Crippen molar-refractivity contribution in [3.05, 3.63) is 59.2 Å². The lowest BCUT2D eigenvalue weighted by Gasteiger charge is -2.30. The van der Waals surface area contributed by atoms with Gasteiger partial charge in [0.15, 0.2) is 23.3 Å².